The molecule has 3 heteroatoms. The lowest BCUT2D eigenvalue weighted by Crippen LogP contribution is -2.53. The van der Waals surface area contributed by atoms with Crippen molar-refractivity contribution in [2.45, 2.75) is 63.3 Å². The van der Waals surface area contributed by atoms with Gasteiger partial charge >= 0.3 is 0 Å². The van der Waals surface area contributed by atoms with Gasteiger partial charge < -0.3 is 5.32 Å². The van der Waals surface area contributed by atoms with Crippen molar-refractivity contribution in [2.24, 2.45) is 0 Å². The highest BCUT2D eigenvalue weighted by atomic mass is 16.2. The minimum Gasteiger partial charge on any atom is -0.354 e. The highest BCUT2D eigenvalue weighted by Crippen LogP contribution is 2.43. The minimum atomic E-state index is 0.0941. The van der Waals surface area contributed by atoms with Gasteiger partial charge in [0, 0.05) is 12.0 Å². The van der Waals surface area contributed by atoms with Gasteiger partial charge in [0.1, 0.15) is 0 Å². The first-order chi connectivity index (χ1) is 11.2. The van der Waals surface area contributed by atoms with E-state index in [9.17, 15) is 4.79 Å². The topological polar surface area (TPSA) is 32.3 Å². The first kappa shape index (κ1) is 16.5. The first-order valence-corrected chi connectivity index (χ1v) is 9.32. The van der Waals surface area contributed by atoms with Crippen LogP contribution < -0.4 is 5.32 Å². The van der Waals surface area contributed by atoms with E-state index >= 15 is 0 Å². The van der Waals surface area contributed by atoms with Crippen molar-refractivity contribution in [2.75, 3.05) is 19.6 Å². The predicted molar refractivity (Wildman–Crippen MR) is 94.5 cm³/mol. The summed E-state index contributed by atoms with van der Waals surface area (Å²) in [5, 5.41) is 3.30. The molecule has 3 rings (SSSR count). The van der Waals surface area contributed by atoms with Crippen LogP contribution in [-0.4, -0.2) is 36.5 Å². The molecule has 1 atom stereocenters. The molecule has 1 saturated heterocycles. The predicted octanol–water partition coefficient (Wildman–Crippen LogP) is 3.49. The number of benzene rings is 1. The van der Waals surface area contributed by atoms with Crippen molar-refractivity contribution < 1.29 is 4.79 Å². The van der Waals surface area contributed by atoms with Gasteiger partial charge in [-0.1, -0.05) is 50.1 Å². The van der Waals surface area contributed by atoms with E-state index in [0.29, 0.717) is 0 Å². The largest absolute Gasteiger partial charge is 0.354 e. The number of amides is 1. The van der Waals surface area contributed by atoms with Crippen molar-refractivity contribution in [1.29, 1.82) is 0 Å². The molecule has 2 aliphatic rings. The minimum absolute atomic E-state index is 0.0941. The molecule has 2 fully saturated rings. The molecule has 0 radical (unpaired) electrons. The Morgan fingerprint density at radius 2 is 2.00 bits per heavy atom. The summed E-state index contributed by atoms with van der Waals surface area (Å²) in [6.45, 7) is 5.12. The third-order valence-corrected chi connectivity index (χ3v) is 5.72. The lowest BCUT2D eigenvalue weighted by atomic mass is 9.64. The smallest absolute Gasteiger partial charge is 0.237 e. The summed E-state index contributed by atoms with van der Waals surface area (Å²) in [5.74, 6) is 0.250. The zero-order chi connectivity index (χ0) is 16.1. The normalized spacial score (nSPS) is 24.0. The average molecular weight is 314 g/mol. The SMILES string of the molecule is CCCN1CCCCC1C(=O)NCC1(c2ccccc2)CCC1. The number of carbonyl (C=O) groups is 1. The van der Waals surface area contributed by atoms with Crippen molar-refractivity contribution in [3.63, 3.8) is 0 Å². The zero-order valence-electron chi connectivity index (χ0n) is 14.4. The van der Waals surface area contributed by atoms with E-state index in [1.54, 1.807) is 0 Å². The molecule has 0 bridgehead atoms. The summed E-state index contributed by atoms with van der Waals surface area (Å²) in [6.07, 6.45) is 8.22. The summed E-state index contributed by atoms with van der Waals surface area (Å²) >= 11 is 0. The maximum atomic E-state index is 12.7. The molecule has 0 aromatic heterocycles. The number of hydrogen-bond donors (Lipinski definition) is 1. The second kappa shape index (κ2) is 7.48. The van der Waals surface area contributed by atoms with Gasteiger partial charge in [0.05, 0.1) is 6.04 Å². The Morgan fingerprint density at radius 1 is 1.22 bits per heavy atom. The number of rotatable bonds is 6. The number of nitrogens with one attached hydrogen (secondary N) is 1. The van der Waals surface area contributed by atoms with Crippen molar-refractivity contribution in [1.82, 2.24) is 10.2 Å². The fourth-order valence-corrected chi connectivity index (χ4v) is 4.18. The van der Waals surface area contributed by atoms with Crippen LogP contribution in [0.4, 0.5) is 0 Å². The Morgan fingerprint density at radius 3 is 2.65 bits per heavy atom. The molecule has 1 unspecified atom stereocenters. The highest BCUT2D eigenvalue weighted by Gasteiger charge is 2.39. The molecule has 1 aliphatic heterocycles. The highest BCUT2D eigenvalue weighted by molar-refractivity contribution is 5.82. The quantitative estimate of drug-likeness (QED) is 0.872. The van der Waals surface area contributed by atoms with Crippen LogP contribution in [0.5, 0.6) is 0 Å². The molecule has 1 aromatic rings. The van der Waals surface area contributed by atoms with E-state index in [4.69, 9.17) is 0 Å². The maximum Gasteiger partial charge on any atom is 0.237 e. The second-order valence-electron chi connectivity index (χ2n) is 7.27. The number of nitrogens with zero attached hydrogens (tertiary/aromatic N) is 1. The van der Waals surface area contributed by atoms with Crippen LogP contribution >= 0.6 is 0 Å². The van der Waals surface area contributed by atoms with Crippen LogP contribution in [0.3, 0.4) is 0 Å². The molecule has 1 aromatic carbocycles. The molecule has 3 nitrogen and oxygen atoms in total. The van der Waals surface area contributed by atoms with E-state index in [2.05, 4.69) is 47.5 Å². The van der Waals surface area contributed by atoms with Crippen molar-refractivity contribution >= 4 is 5.91 Å². The van der Waals surface area contributed by atoms with Gasteiger partial charge in [0.2, 0.25) is 5.91 Å². The molecule has 1 aliphatic carbocycles. The molecular weight excluding hydrogens is 284 g/mol. The van der Waals surface area contributed by atoms with Crippen LogP contribution in [0, 0.1) is 0 Å². The van der Waals surface area contributed by atoms with Gasteiger partial charge in [-0.05, 0) is 50.8 Å². The molecule has 0 spiro atoms. The Bertz CT molecular complexity index is 508. The fraction of sp³-hybridized carbons (Fsp3) is 0.650. The number of hydrogen-bond acceptors (Lipinski definition) is 2. The third-order valence-electron chi connectivity index (χ3n) is 5.72. The molecular formula is C20H30N2O. The van der Waals surface area contributed by atoms with E-state index in [-0.39, 0.29) is 17.4 Å². The molecule has 1 N–H and O–H groups in total. The summed E-state index contributed by atoms with van der Waals surface area (Å²) in [5.41, 5.74) is 1.57. The zero-order valence-corrected chi connectivity index (χ0v) is 14.4. The first-order valence-electron chi connectivity index (χ1n) is 9.32. The average Bonchev–Trinajstić information content (AvgIpc) is 2.55. The number of carbonyl (C=O) groups excluding carboxylic acids is 1. The van der Waals surface area contributed by atoms with Crippen LogP contribution in [-0.2, 0) is 10.2 Å². The number of likely N-dealkylation sites (tertiary alicyclic amines) is 1. The lowest BCUT2D eigenvalue weighted by molar-refractivity contribution is -0.128. The van der Waals surface area contributed by atoms with Crippen LogP contribution in [0.1, 0.15) is 57.4 Å². The molecule has 23 heavy (non-hydrogen) atoms. The Hall–Kier alpha value is -1.35. The molecule has 1 amide bonds. The molecule has 1 saturated carbocycles. The van der Waals surface area contributed by atoms with Crippen LogP contribution in [0.15, 0.2) is 30.3 Å². The van der Waals surface area contributed by atoms with E-state index in [0.717, 1.165) is 32.5 Å². The summed E-state index contributed by atoms with van der Waals surface area (Å²) in [6, 6.07) is 10.8. The maximum absolute atomic E-state index is 12.7. The van der Waals surface area contributed by atoms with Gasteiger partial charge in [0.15, 0.2) is 0 Å². The van der Waals surface area contributed by atoms with Gasteiger partial charge in [-0.3, -0.25) is 9.69 Å². The fourth-order valence-electron chi connectivity index (χ4n) is 4.18. The van der Waals surface area contributed by atoms with Crippen molar-refractivity contribution in [3.05, 3.63) is 35.9 Å². The van der Waals surface area contributed by atoms with Crippen molar-refractivity contribution in [3.8, 4) is 0 Å². The van der Waals surface area contributed by atoms with Gasteiger partial charge in [-0.15, -0.1) is 0 Å². The summed E-state index contributed by atoms with van der Waals surface area (Å²) < 4.78 is 0. The van der Waals surface area contributed by atoms with E-state index in [1.807, 2.05) is 0 Å². The van der Waals surface area contributed by atoms with Crippen LogP contribution in [0.25, 0.3) is 0 Å². The summed E-state index contributed by atoms with van der Waals surface area (Å²) in [7, 11) is 0. The van der Waals surface area contributed by atoms with Gasteiger partial charge in [-0.25, -0.2) is 0 Å². The van der Waals surface area contributed by atoms with E-state index < -0.39 is 0 Å². The Labute approximate surface area is 140 Å². The standard InChI is InChI=1S/C20H30N2O/c1-2-14-22-15-7-6-11-18(22)19(23)21-16-20(12-8-13-20)17-9-4-3-5-10-17/h3-5,9-10,18H,2,6-8,11-16H2,1H3,(H,21,23). The van der Waals surface area contributed by atoms with Gasteiger partial charge in [-0.2, -0.15) is 0 Å². The summed E-state index contributed by atoms with van der Waals surface area (Å²) in [4.78, 5) is 15.1. The number of piperidine rings is 1. The Kier molecular flexibility index (Phi) is 5.37. The lowest BCUT2D eigenvalue weighted by Gasteiger charge is -2.43. The monoisotopic (exact) mass is 314 g/mol. The van der Waals surface area contributed by atoms with Crippen LogP contribution in [0.2, 0.25) is 0 Å². The molecule has 1 heterocycles. The second-order valence-corrected chi connectivity index (χ2v) is 7.27. The Balaban J connectivity index is 1.61. The van der Waals surface area contributed by atoms with E-state index in [1.165, 1.54) is 37.7 Å². The third kappa shape index (κ3) is 3.60. The molecule has 126 valence electrons. The van der Waals surface area contributed by atoms with Gasteiger partial charge in [0.25, 0.3) is 0 Å².